The van der Waals surface area contributed by atoms with Gasteiger partial charge in [-0.05, 0) is 105 Å². The third-order valence-electron chi connectivity index (χ3n) is 4.30. The normalized spacial score (nSPS) is 12.4. The third kappa shape index (κ3) is 18.6. The van der Waals surface area contributed by atoms with E-state index in [-0.39, 0.29) is 5.91 Å². The first-order chi connectivity index (χ1) is 14.3. The van der Waals surface area contributed by atoms with Gasteiger partial charge in [-0.1, -0.05) is 0 Å². The molecule has 0 heterocycles. The molecule has 0 fully saturated rings. The van der Waals surface area contributed by atoms with Crippen LogP contribution in [0.3, 0.4) is 0 Å². The summed E-state index contributed by atoms with van der Waals surface area (Å²) in [4.78, 5) is 24.5. The highest BCUT2D eigenvalue weighted by atomic mass is 16.6. The summed E-state index contributed by atoms with van der Waals surface area (Å²) in [7, 11) is 0. The predicted molar refractivity (Wildman–Crippen MR) is 122 cm³/mol. The minimum atomic E-state index is -0.605. The number of carbonyl (C=O) groups excluding carboxylic acids is 2. The first-order valence-corrected chi connectivity index (χ1v) is 11.4. The fourth-order valence-corrected chi connectivity index (χ4v) is 2.74. The van der Waals surface area contributed by atoms with E-state index >= 15 is 0 Å². The van der Waals surface area contributed by atoms with Crippen LogP contribution < -0.4 is 32.7 Å². The van der Waals surface area contributed by atoms with E-state index in [1.54, 1.807) is 20.8 Å². The Kier molecular flexibility index (Phi) is 17.5. The van der Waals surface area contributed by atoms with Crippen molar-refractivity contribution in [3.05, 3.63) is 0 Å². The number of hydrogen-bond acceptors (Lipinski definition) is 7. The summed E-state index contributed by atoms with van der Waals surface area (Å²) in [5, 5.41) is 12.3. The van der Waals surface area contributed by atoms with Gasteiger partial charge in [0.25, 0.3) is 0 Å². The molecule has 0 saturated carbocycles. The third-order valence-corrected chi connectivity index (χ3v) is 4.30. The number of rotatable bonds is 18. The molecule has 0 aromatic rings. The second-order valence-electron chi connectivity index (χ2n) is 8.48. The van der Waals surface area contributed by atoms with Crippen LogP contribution in [0.25, 0.3) is 0 Å². The Labute approximate surface area is 182 Å². The molecule has 0 aliphatic rings. The van der Waals surface area contributed by atoms with Crippen LogP contribution in [0, 0.1) is 0 Å². The van der Waals surface area contributed by atoms with E-state index in [0.29, 0.717) is 19.5 Å². The zero-order chi connectivity index (χ0) is 22.7. The van der Waals surface area contributed by atoms with Crippen LogP contribution in [0.1, 0.15) is 65.7 Å². The Morgan fingerprint density at radius 1 is 0.800 bits per heavy atom. The maximum atomic E-state index is 12.5. The van der Waals surface area contributed by atoms with E-state index in [1.165, 1.54) is 0 Å². The molecule has 0 spiro atoms. The Morgan fingerprint density at radius 3 is 1.93 bits per heavy atom. The van der Waals surface area contributed by atoms with Gasteiger partial charge < -0.3 is 37.5 Å². The fraction of sp³-hybridized carbons (Fsp3) is 0.905. The lowest BCUT2D eigenvalue weighted by Crippen LogP contribution is -2.48. The van der Waals surface area contributed by atoms with Gasteiger partial charge in [0, 0.05) is 6.54 Å². The van der Waals surface area contributed by atoms with Crippen LogP contribution in [0.4, 0.5) is 4.79 Å². The van der Waals surface area contributed by atoms with Gasteiger partial charge in [0.1, 0.15) is 11.6 Å². The maximum absolute atomic E-state index is 12.5. The van der Waals surface area contributed by atoms with Gasteiger partial charge in [-0.15, -0.1) is 0 Å². The number of unbranched alkanes of at least 4 members (excludes halogenated alkanes) is 2. The quantitative estimate of drug-likeness (QED) is 0.177. The van der Waals surface area contributed by atoms with Gasteiger partial charge in [-0.2, -0.15) is 0 Å². The second kappa shape index (κ2) is 18.4. The standard InChI is InChI=1S/C21H46N6O3/c1-21(2,3)30-20(29)27-18(10-4-5-11-22)19(28)26-17-9-16-25-14-7-6-13-24-15-8-12-23/h18,24-25H,4-17,22-23H2,1-3H3,(H,26,28)(H,27,29)/t18-/m1/s1. The minimum Gasteiger partial charge on any atom is -0.444 e. The van der Waals surface area contributed by atoms with Crippen molar-refractivity contribution in [3.8, 4) is 0 Å². The highest BCUT2D eigenvalue weighted by molar-refractivity contribution is 5.85. The molecule has 178 valence electrons. The first-order valence-electron chi connectivity index (χ1n) is 11.4. The van der Waals surface area contributed by atoms with Crippen LogP contribution in [0.15, 0.2) is 0 Å². The van der Waals surface area contributed by atoms with Gasteiger partial charge in [-0.25, -0.2) is 4.79 Å². The van der Waals surface area contributed by atoms with Crippen molar-refractivity contribution in [1.29, 1.82) is 0 Å². The second-order valence-corrected chi connectivity index (χ2v) is 8.48. The monoisotopic (exact) mass is 430 g/mol. The number of hydrogen-bond donors (Lipinski definition) is 6. The largest absolute Gasteiger partial charge is 0.444 e. The molecule has 2 amide bonds. The van der Waals surface area contributed by atoms with E-state index in [2.05, 4.69) is 21.3 Å². The SMILES string of the molecule is CC(C)(C)OC(=O)N[C@H](CCCCN)C(=O)NCCCNCCCCNCCCN. The molecule has 30 heavy (non-hydrogen) atoms. The summed E-state index contributed by atoms with van der Waals surface area (Å²) < 4.78 is 5.27. The molecule has 0 saturated heterocycles. The molecule has 1 atom stereocenters. The topological polar surface area (TPSA) is 144 Å². The van der Waals surface area contributed by atoms with Crippen LogP contribution in [-0.4, -0.2) is 69.5 Å². The van der Waals surface area contributed by atoms with E-state index in [0.717, 1.165) is 71.2 Å². The molecule has 9 heteroatoms. The van der Waals surface area contributed by atoms with Gasteiger partial charge in [0.2, 0.25) is 5.91 Å². The molecular weight excluding hydrogens is 384 g/mol. The Hall–Kier alpha value is -1.42. The molecular formula is C21H46N6O3. The van der Waals surface area contributed by atoms with Crippen molar-refractivity contribution < 1.29 is 14.3 Å². The van der Waals surface area contributed by atoms with E-state index < -0.39 is 17.7 Å². The number of amides is 2. The average molecular weight is 431 g/mol. The summed E-state index contributed by atoms with van der Waals surface area (Å²) in [5.41, 5.74) is 10.4. The summed E-state index contributed by atoms with van der Waals surface area (Å²) >= 11 is 0. The maximum Gasteiger partial charge on any atom is 0.408 e. The summed E-state index contributed by atoms with van der Waals surface area (Å²) in [5.74, 6) is -0.179. The molecule has 0 aliphatic heterocycles. The first kappa shape index (κ1) is 28.6. The van der Waals surface area contributed by atoms with Gasteiger partial charge in [-0.3, -0.25) is 4.79 Å². The van der Waals surface area contributed by atoms with E-state index in [9.17, 15) is 9.59 Å². The van der Waals surface area contributed by atoms with Crippen molar-refractivity contribution >= 4 is 12.0 Å². The Morgan fingerprint density at radius 2 is 1.37 bits per heavy atom. The summed E-state index contributed by atoms with van der Waals surface area (Å²) in [6, 6.07) is -0.605. The molecule has 0 radical (unpaired) electrons. The number of nitrogens with two attached hydrogens (primary N) is 2. The molecule has 0 aromatic carbocycles. The molecule has 0 rings (SSSR count). The Balaban J connectivity index is 3.97. The van der Waals surface area contributed by atoms with Crippen LogP contribution in [0.5, 0.6) is 0 Å². The summed E-state index contributed by atoms with van der Waals surface area (Å²) in [6.07, 6.45) is 5.65. The smallest absolute Gasteiger partial charge is 0.408 e. The highest BCUT2D eigenvalue weighted by Gasteiger charge is 2.23. The van der Waals surface area contributed by atoms with Gasteiger partial charge >= 0.3 is 6.09 Å². The lowest BCUT2D eigenvalue weighted by atomic mass is 10.1. The molecule has 0 unspecified atom stereocenters. The molecule has 9 nitrogen and oxygen atoms in total. The van der Waals surface area contributed by atoms with Crippen molar-refractivity contribution in [3.63, 3.8) is 0 Å². The molecule has 0 aromatic heterocycles. The lowest BCUT2D eigenvalue weighted by Gasteiger charge is -2.23. The molecule has 8 N–H and O–H groups in total. The number of alkyl carbamates (subject to hydrolysis) is 1. The van der Waals surface area contributed by atoms with Crippen molar-refractivity contribution in [2.75, 3.05) is 45.8 Å². The molecule has 0 aliphatic carbocycles. The highest BCUT2D eigenvalue weighted by Crippen LogP contribution is 2.08. The number of ether oxygens (including phenoxy) is 1. The van der Waals surface area contributed by atoms with Crippen LogP contribution in [0.2, 0.25) is 0 Å². The lowest BCUT2D eigenvalue weighted by molar-refractivity contribution is -0.123. The fourth-order valence-electron chi connectivity index (χ4n) is 2.74. The average Bonchev–Trinajstić information content (AvgIpc) is 2.66. The minimum absolute atomic E-state index is 0.179. The number of nitrogens with one attached hydrogen (secondary N) is 4. The van der Waals surface area contributed by atoms with Crippen molar-refractivity contribution in [2.45, 2.75) is 77.4 Å². The van der Waals surface area contributed by atoms with E-state index in [1.807, 2.05) is 0 Å². The molecule has 0 bridgehead atoms. The number of carbonyl (C=O) groups is 2. The zero-order valence-corrected chi connectivity index (χ0v) is 19.4. The van der Waals surface area contributed by atoms with Gasteiger partial charge in [0.05, 0.1) is 0 Å². The Bertz CT molecular complexity index is 443. The van der Waals surface area contributed by atoms with Crippen molar-refractivity contribution in [1.82, 2.24) is 21.3 Å². The van der Waals surface area contributed by atoms with E-state index in [4.69, 9.17) is 16.2 Å². The van der Waals surface area contributed by atoms with Crippen LogP contribution in [-0.2, 0) is 9.53 Å². The zero-order valence-electron chi connectivity index (χ0n) is 19.4. The van der Waals surface area contributed by atoms with Crippen LogP contribution >= 0.6 is 0 Å². The van der Waals surface area contributed by atoms with Crippen molar-refractivity contribution in [2.24, 2.45) is 11.5 Å². The summed E-state index contributed by atoms with van der Waals surface area (Å²) in [6.45, 7) is 11.1. The predicted octanol–water partition coefficient (Wildman–Crippen LogP) is 0.823. The van der Waals surface area contributed by atoms with Gasteiger partial charge in [0.15, 0.2) is 0 Å².